The lowest BCUT2D eigenvalue weighted by Gasteiger charge is -2.35. The largest absolute Gasteiger partial charge is 0.462 e. The third kappa shape index (κ3) is 4.04. The second-order valence-electron chi connectivity index (χ2n) is 8.70. The third-order valence-electron chi connectivity index (χ3n) is 6.59. The van der Waals surface area contributed by atoms with Gasteiger partial charge in [-0.1, -0.05) is 31.4 Å². The number of allylic oxidation sites excluding steroid dienone is 1. The Morgan fingerprint density at radius 1 is 1.18 bits per heavy atom. The number of rotatable bonds is 4. The predicted molar refractivity (Wildman–Crippen MR) is 125 cm³/mol. The summed E-state index contributed by atoms with van der Waals surface area (Å²) in [5.41, 5.74) is 0.843. The van der Waals surface area contributed by atoms with Crippen LogP contribution in [0.15, 0.2) is 40.5 Å². The highest BCUT2D eigenvalue weighted by Crippen LogP contribution is 2.39. The first kappa shape index (κ1) is 23.5. The highest BCUT2D eigenvalue weighted by Gasteiger charge is 2.55. The lowest BCUT2D eigenvalue weighted by atomic mass is 9.81. The number of likely N-dealkylation sites (N-methyl/N-ethyl adjacent to an activating group) is 1. The molecule has 4 rings (SSSR count). The Labute approximate surface area is 198 Å². The van der Waals surface area contributed by atoms with Crippen molar-refractivity contribution in [2.24, 2.45) is 4.99 Å². The van der Waals surface area contributed by atoms with Crippen molar-refractivity contribution in [3.05, 3.63) is 35.5 Å². The molecule has 1 aromatic carbocycles. The van der Waals surface area contributed by atoms with Crippen LogP contribution >= 0.6 is 0 Å². The van der Waals surface area contributed by atoms with Crippen LogP contribution in [0.5, 0.6) is 0 Å². The molecular weight excluding hydrogens is 438 g/mol. The van der Waals surface area contributed by atoms with E-state index in [9.17, 15) is 19.2 Å². The minimum Gasteiger partial charge on any atom is -0.462 e. The Balaban J connectivity index is 1.60. The second-order valence-corrected chi connectivity index (χ2v) is 8.70. The summed E-state index contributed by atoms with van der Waals surface area (Å²) in [4.78, 5) is 58.8. The highest BCUT2D eigenvalue weighted by atomic mass is 16.5. The number of ether oxygens (including phenoxy) is 1. The van der Waals surface area contributed by atoms with Crippen LogP contribution in [-0.4, -0.2) is 65.2 Å². The third-order valence-corrected chi connectivity index (χ3v) is 6.59. The Bertz CT molecular complexity index is 1100. The molecule has 0 unspecified atom stereocenters. The number of aliphatic imine (C=N–C) groups is 1. The molecule has 2 heterocycles. The van der Waals surface area contributed by atoms with Crippen molar-refractivity contribution < 1.29 is 23.9 Å². The number of amides is 4. The molecule has 34 heavy (non-hydrogen) atoms. The van der Waals surface area contributed by atoms with E-state index in [4.69, 9.17) is 4.74 Å². The van der Waals surface area contributed by atoms with Crippen LogP contribution in [0.25, 0.3) is 0 Å². The van der Waals surface area contributed by atoms with Crippen molar-refractivity contribution in [3.63, 3.8) is 0 Å². The van der Waals surface area contributed by atoms with Crippen molar-refractivity contribution >= 4 is 41.0 Å². The summed E-state index contributed by atoms with van der Waals surface area (Å²) in [6.07, 6.45) is 3.93. The van der Waals surface area contributed by atoms with Crippen molar-refractivity contribution in [1.82, 2.24) is 15.1 Å². The van der Waals surface area contributed by atoms with Gasteiger partial charge in [0.2, 0.25) is 5.91 Å². The van der Waals surface area contributed by atoms with Gasteiger partial charge in [-0.15, -0.1) is 0 Å². The van der Waals surface area contributed by atoms with Gasteiger partial charge in [-0.2, -0.15) is 0 Å². The number of esters is 1. The maximum Gasteiger partial charge on any atom is 0.343 e. The van der Waals surface area contributed by atoms with Crippen LogP contribution in [0.2, 0.25) is 0 Å². The van der Waals surface area contributed by atoms with Crippen LogP contribution in [0, 0.1) is 0 Å². The van der Waals surface area contributed by atoms with Crippen molar-refractivity contribution in [1.29, 1.82) is 0 Å². The topological polar surface area (TPSA) is 120 Å². The number of para-hydroxylation sites is 2. The van der Waals surface area contributed by atoms with Crippen LogP contribution < -0.4 is 10.6 Å². The minimum atomic E-state index is -0.870. The van der Waals surface area contributed by atoms with E-state index in [1.807, 2.05) is 6.07 Å². The Hall–Kier alpha value is -3.69. The number of carbonyl (C=O) groups excluding carboxylic acids is 4. The first-order valence-electron chi connectivity index (χ1n) is 11.5. The molecule has 10 nitrogen and oxygen atoms in total. The molecule has 0 atom stereocenters. The highest BCUT2D eigenvalue weighted by molar-refractivity contribution is 6.25. The zero-order valence-electron chi connectivity index (χ0n) is 19.6. The fourth-order valence-electron chi connectivity index (χ4n) is 4.83. The van der Waals surface area contributed by atoms with Gasteiger partial charge in [0, 0.05) is 12.7 Å². The van der Waals surface area contributed by atoms with Crippen LogP contribution in [0.3, 0.4) is 0 Å². The van der Waals surface area contributed by atoms with E-state index < -0.39 is 30.0 Å². The molecule has 2 aliphatic heterocycles. The van der Waals surface area contributed by atoms with Crippen LogP contribution in [-0.2, 0) is 19.1 Å². The summed E-state index contributed by atoms with van der Waals surface area (Å²) in [6, 6.07) is 6.66. The van der Waals surface area contributed by atoms with Gasteiger partial charge >= 0.3 is 12.0 Å². The molecular formula is C24H29N5O5. The van der Waals surface area contributed by atoms with E-state index in [1.165, 1.54) is 4.90 Å². The Morgan fingerprint density at radius 2 is 1.88 bits per heavy atom. The summed E-state index contributed by atoms with van der Waals surface area (Å²) in [7, 11) is 1.62. The summed E-state index contributed by atoms with van der Waals surface area (Å²) in [6.45, 7) is 3.05. The van der Waals surface area contributed by atoms with Gasteiger partial charge in [0.05, 0.1) is 18.0 Å². The number of benzene rings is 1. The number of imide groups is 1. The number of nitrogens with one attached hydrogen (secondary N) is 2. The number of urea groups is 1. The van der Waals surface area contributed by atoms with Gasteiger partial charge in [0.1, 0.15) is 23.5 Å². The lowest BCUT2D eigenvalue weighted by molar-refractivity contribution is -0.138. The normalized spacial score (nSPS) is 19.4. The van der Waals surface area contributed by atoms with Gasteiger partial charge in [-0.25, -0.2) is 14.6 Å². The van der Waals surface area contributed by atoms with Crippen LogP contribution in [0.1, 0.15) is 46.0 Å². The van der Waals surface area contributed by atoms with E-state index in [2.05, 4.69) is 15.6 Å². The number of hydrogen-bond acceptors (Lipinski definition) is 7. The average Bonchev–Trinajstić information content (AvgIpc) is 2.92. The molecule has 10 heteroatoms. The zero-order chi connectivity index (χ0) is 24.5. The van der Waals surface area contributed by atoms with E-state index in [0.717, 1.165) is 24.2 Å². The number of fused-ring (bicyclic) bond motifs is 1. The zero-order valence-corrected chi connectivity index (χ0v) is 19.6. The van der Waals surface area contributed by atoms with Crippen molar-refractivity contribution in [3.8, 4) is 0 Å². The molecule has 1 aliphatic carbocycles. The second kappa shape index (κ2) is 9.28. The maximum atomic E-state index is 13.2. The minimum absolute atomic E-state index is 0.00164. The molecule has 180 valence electrons. The molecule has 2 fully saturated rings. The smallest absolute Gasteiger partial charge is 0.343 e. The summed E-state index contributed by atoms with van der Waals surface area (Å²) in [5.74, 6) is -1.62. The summed E-state index contributed by atoms with van der Waals surface area (Å²) >= 11 is 0. The van der Waals surface area contributed by atoms with Gasteiger partial charge in [-0.05, 0) is 38.8 Å². The van der Waals surface area contributed by atoms with Gasteiger partial charge in [0.15, 0.2) is 0 Å². The predicted octanol–water partition coefficient (Wildman–Crippen LogP) is 2.69. The fraction of sp³-hybridized carbons (Fsp3) is 0.458. The van der Waals surface area contributed by atoms with Gasteiger partial charge in [0.25, 0.3) is 5.91 Å². The molecule has 1 saturated carbocycles. The number of hydrogen-bond donors (Lipinski definition) is 2. The molecule has 1 aromatic rings. The molecule has 1 spiro atoms. The molecule has 4 amide bonds. The quantitative estimate of drug-likeness (QED) is 0.519. The van der Waals surface area contributed by atoms with Crippen molar-refractivity contribution in [2.45, 2.75) is 51.5 Å². The average molecular weight is 468 g/mol. The van der Waals surface area contributed by atoms with E-state index in [0.29, 0.717) is 29.9 Å². The first-order valence-corrected chi connectivity index (χ1v) is 11.5. The molecule has 0 aromatic heterocycles. The SMILES string of the molecule is CCOC(=O)C1=C(C)Nc2ccccc2N=C1NC(=O)CN1C(=O)N(C)C2(CCCCC2)C1=O. The molecule has 0 bridgehead atoms. The standard InChI is InChI=1S/C24H29N5O5/c1-4-34-21(31)19-15(2)25-16-10-6-7-11-17(16)26-20(19)27-18(30)14-29-22(32)24(28(3)23(29)33)12-8-5-9-13-24/h6-7,10-11,25H,4-5,8-9,12-14H2,1-3H3,(H,26,27,30). The number of nitrogens with zero attached hydrogens (tertiary/aromatic N) is 3. The Morgan fingerprint density at radius 3 is 2.59 bits per heavy atom. The number of carbonyl (C=O) groups is 4. The Kier molecular flexibility index (Phi) is 6.41. The summed E-state index contributed by atoms with van der Waals surface area (Å²) in [5, 5.41) is 5.78. The molecule has 2 N–H and O–H groups in total. The lowest BCUT2D eigenvalue weighted by Crippen LogP contribution is -2.49. The van der Waals surface area contributed by atoms with Crippen LogP contribution in [0.4, 0.5) is 16.2 Å². The number of anilines is 1. The molecule has 1 saturated heterocycles. The summed E-state index contributed by atoms with van der Waals surface area (Å²) < 4.78 is 5.18. The molecule has 0 radical (unpaired) electrons. The van der Waals surface area contributed by atoms with E-state index in [-0.39, 0.29) is 23.9 Å². The fourth-order valence-corrected chi connectivity index (χ4v) is 4.83. The van der Waals surface area contributed by atoms with Crippen molar-refractivity contribution in [2.75, 3.05) is 25.5 Å². The van der Waals surface area contributed by atoms with Gasteiger partial charge in [-0.3, -0.25) is 14.5 Å². The van der Waals surface area contributed by atoms with E-state index >= 15 is 0 Å². The molecule has 3 aliphatic rings. The van der Waals surface area contributed by atoms with E-state index in [1.54, 1.807) is 39.1 Å². The maximum absolute atomic E-state index is 13.2. The number of amidine groups is 1. The monoisotopic (exact) mass is 467 g/mol. The van der Waals surface area contributed by atoms with Gasteiger partial charge < -0.3 is 20.3 Å². The first-order chi connectivity index (χ1) is 16.3.